The van der Waals surface area contributed by atoms with E-state index in [9.17, 15) is 0 Å². The van der Waals surface area contributed by atoms with Crippen molar-refractivity contribution in [1.29, 1.82) is 0 Å². The average Bonchev–Trinajstić information content (AvgIpc) is 2.85. The van der Waals surface area contributed by atoms with Gasteiger partial charge in [-0.1, -0.05) is 94.0 Å². The van der Waals surface area contributed by atoms with Gasteiger partial charge in [0.15, 0.2) is 0 Å². The number of hydrogen-bond acceptors (Lipinski definition) is 4. The zero-order valence-electron chi connectivity index (χ0n) is 20.5. The normalized spacial score (nSPS) is 11.6. The molecule has 32 heavy (non-hydrogen) atoms. The number of hydrogen-bond donors (Lipinski definition) is 0. The van der Waals surface area contributed by atoms with Gasteiger partial charge in [0.05, 0.1) is 6.61 Å². The molecule has 0 aliphatic heterocycles. The Morgan fingerprint density at radius 3 is 2.00 bits per heavy atom. The van der Waals surface area contributed by atoms with Crippen LogP contribution < -0.4 is 4.74 Å². The van der Waals surface area contributed by atoms with Crippen molar-refractivity contribution in [2.75, 3.05) is 27.9 Å². The minimum absolute atomic E-state index is 0.610. The first-order valence-electron chi connectivity index (χ1n) is 12.1. The van der Waals surface area contributed by atoms with E-state index < -0.39 is 8.80 Å². The number of unbranched alkanes of at least 4 members (excludes halogenated alkanes) is 6. The van der Waals surface area contributed by atoms with E-state index in [0.29, 0.717) is 6.61 Å². The van der Waals surface area contributed by atoms with E-state index in [1.54, 1.807) is 21.3 Å². The predicted molar refractivity (Wildman–Crippen MR) is 135 cm³/mol. The Hall–Kier alpha value is -1.66. The molecule has 0 heterocycles. The van der Waals surface area contributed by atoms with Crippen LogP contribution >= 0.6 is 0 Å². The van der Waals surface area contributed by atoms with Gasteiger partial charge in [0.25, 0.3) is 0 Å². The SMILES string of the molecule is CCCCCCCCCc1cccc(-c2ccccc2)c1OCCC[Si](OC)(OC)OC. The van der Waals surface area contributed by atoms with Crippen molar-refractivity contribution in [3.63, 3.8) is 0 Å². The van der Waals surface area contributed by atoms with Gasteiger partial charge in [0.2, 0.25) is 0 Å². The molecule has 2 aromatic rings. The summed E-state index contributed by atoms with van der Waals surface area (Å²) in [6.45, 7) is 2.88. The highest BCUT2D eigenvalue weighted by molar-refractivity contribution is 6.60. The van der Waals surface area contributed by atoms with E-state index in [2.05, 4.69) is 55.5 Å². The lowest BCUT2D eigenvalue weighted by molar-refractivity contribution is 0.121. The molecule has 0 fully saturated rings. The minimum Gasteiger partial charge on any atom is -0.493 e. The van der Waals surface area contributed by atoms with Crippen molar-refractivity contribution < 1.29 is 18.0 Å². The van der Waals surface area contributed by atoms with Crippen LogP contribution in [0.25, 0.3) is 11.1 Å². The van der Waals surface area contributed by atoms with Gasteiger partial charge < -0.3 is 18.0 Å². The van der Waals surface area contributed by atoms with Crippen LogP contribution in [-0.2, 0) is 19.7 Å². The van der Waals surface area contributed by atoms with Gasteiger partial charge >= 0.3 is 8.80 Å². The maximum Gasteiger partial charge on any atom is 0.500 e. The Bertz CT molecular complexity index is 738. The summed E-state index contributed by atoms with van der Waals surface area (Å²) in [6, 6.07) is 17.8. The predicted octanol–water partition coefficient (Wildman–Crippen LogP) is 7.29. The first-order chi connectivity index (χ1) is 15.7. The second-order valence-corrected chi connectivity index (χ2v) is 11.4. The van der Waals surface area contributed by atoms with Crippen LogP contribution in [0.15, 0.2) is 48.5 Å². The average molecular weight is 459 g/mol. The van der Waals surface area contributed by atoms with E-state index in [1.807, 2.05) is 0 Å². The lowest BCUT2D eigenvalue weighted by Gasteiger charge is -2.24. The van der Waals surface area contributed by atoms with Gasteiger partial charge in [0, 0.05) is 32.9 Å². The molecular formula is C27H42O4Si. The van der Waals surface area contributed by atoms with Gasteiger partial charge in [-0.05, 0) is 30.4 Å². The summed E-state index contributed by atoms with van der Waals surface area (Å²) in [5.41, 5.74) is 3.66. The van der Waals surface area contributed by atoms with Gasteiger partial charge in [0.1, 0.15) is 5.75 Å². The maximum atomic E-state index is 6.42. The first kappa shape index (κ1) is 26.6. The molecule has 0 atom stereocenters. The van der Waals surface area contributed by atoms with E-state index in [4.69, 9.17) is 18.0 Å². The molecule has 0 aliphatic rings. The quantitative estimate of drug-likeness (QED) is 0.184. The van der Waals surface area contributed by atoms with Gasteiger partial charge in [-0.25, -0.2) is 0 Å². The van der Waals surface area contributed by atoms with Crippen molar-refractivity contribution in [2.24, 2.45) is 0 Å². The Morgan fingerprint density at radius 1 is 0.688 bits per heavy atom. The summed E-state index contributed by atoms with van der Waals surface area (Å²) >= 11 is 0. The summed E-state index contributed by atoms with van der Waals surface area (Å²) in [4.78, 5) is 0. The number of ether oxygens (including phenoxy) is 1. The smallest absolute Gasteiger partial charge is 0.493 e. The molecule has 5 heteroatoms. The Balaban J connectivity index is 2.04. The van der Waals surface area contributed by atoms with Crippen molar-refractivity contribution in [3.05, 3.63) is 54.1 Å². The molecule has 0 radical (unpaired) electrons. The number of rotatable bonds is 17. The Labute approximate surface area is 196 Å². The Morgan fingerprint density at radius 2 is 1.34 bits per heavy atom. The van der Waals surface area contributed by atoms with Crippen LogP contribution in [0.1, 0.15) is 63.9 Å². The molecule has 0 amide bonds. The molecule has 0 bridgehead atoms. The van der Waals surface area contributed by atoms with Crippen LogP contribution in [0.5, 0.6) is 5.75 Å². The largest absolute Gasteiger partial charge is 0.500 e. The zero-order chi connectivity index (χ0) is 23.1. The molecule has 2 aromatic carbocycles. The van der Waals surface area contributed by atoms with Crippen molar-refractivity contribution in [2.45, 2.75) is 70.8 Å². The fraction of sp³-hybridized carbons (Fsp3) is 0.556. The van der Waals surface area contributed by atoms with Crippen LogP contribution in [0, 0.1) is 0 Å². The molecule has 0 saturated carbocycles. The monoisotopic (exact) mass is 458 g/mol. The third kappa shape index (κ3) is 8.36. The van der Waals surface area contributed by atoms with Crippen LogP contribution in [0.2, 0.25) is 6.04 Å². The van der Waals surface area contributed by atoms with Crippen LogP contribution in [-0.4, -0.2) is 36.7 Å². The fourth-order valence-corrected chi connectivity index (χ4v) is 5.78. The molecule has 2 rings (SSSR count). The minimum atomic E-state index is -2.57. The Kier molecular flexibility index (Phi) is 12.6. The summed E-state index contributed by atoms with van der Waals surface area (Å²) in [6.07, 6.45) is 11.1. The lowest BCUT2D eigenvalue weighted by atomic mass is 9.98. The molecule has 0 aliphatic carbocycles. The zero-order valence-corrected chi connectivity index (χ0v) is 21.5. The topological polar surface area (TPSA) is 36.9 Å². The molecule has 0 spiro atoms. The molecule has 4 nitrogen and oxygen atoms in total. The first-order valence-corrected chi connectivity index (χ1v) is 14.1. The highest BCUT2D eigenvalue weighted by Gasteiger charge is 2.37. The summed E-state index contributed by atoms with van der Waals surface area (Å²) < 4.78 is 23.1. The standard InChI is InChI=1S/C27H42O4Si/c1-5-6-7-8-9-10-12-19-25-20-15-21-26(24-17-13-11-14-18-24)27(25)31-22-16-23-32(28-2,29-3)30-4/h11,13-15,17-18,20-21H,5-10,12,16,19,22-23H2,1-4H3. The molecule has 0 aromatic heterocycles. The summed E-state index contributed by atoms with van der Waals surface area (Å²) in [5, 5.41) is 0. The van der Waals surface area contributed by atoms with Crippen molar-refractivity contribution in [3.8, 4) is 16.9 Å². The second-order valence-electron chi connectivity index (χ2n) is 8.28. The van der Waals surface area contributed by atoms with E-state index >= 15 is 0 Å². The van der Waals surface area contributed by atoms with Gasteiger partial charge in [-0.15, -0.1) is 0 Å². The third-order valence-corrected chi connectivity index (χ3v) is 8.87. The number of benzene rings is 2. The van der Waals surface area contributed by atoms with E-state index in [-0.39, 0.29) is 0 Å². The van der Waals surface area contributed by atoms with Crippen molar-refractivity contribution >= 4 is 8.80 Å². The summed E-state index contributed by atoms with van der Waals surface area (Å²) in [5.74, 6) is 1.02. The maximum absolute atomic E-state index is 6.42. The lowest BCUT2D eigenvalue weighted by Crippen LogP contribution is -2.42. The second kappa shape index (κ2) is 15.2. The number of para-hydroxylation sites is 1. The van der Waals surface area contributed by atoms with Crippen LogP contribution in [0.3, 0.4) is 0 Å². The molecule has 0 unspecified atom stereocenters. The number of aryl methyl sites for hydroxylation is 1. The molecule has 178 valence electrons. The highest BCUT2D eigenvalue weighted by Crippen LogP contribution is 2.34. The highest BCUT2D eigenvalue weighted by atomic mass is 28.4. The third-order valence-electron chi connectivity index (χ3n) is 6.04. The molecular weight excluding hydrogens is 416 g/mol. The summed E-state index contributed by atoms with van der Waals surface area (Å²) in [7, 11) is 2.41. The van der Waals surface area contributed by atoms with E-state index in [1.165, 1.54) is 61.6 Å². The molecule has 0 N–H and O–H groups in total. The fourth-order valence-electron chi connectivity index (χ4n) is 4.09. The van der Waals surface area contributed by atoms with Gasteiger partial charge in [-0.2, -0.15) is 0 Å². The molecule has 0 saturated heterocycles. The van der Waals surface area contributed by atoms with Crippen LogP contribution in [0.4, 0.5) is 0 Å². The van der Waals surface area contributed by atoms with E-state index in [0.717, 1.165) is 24.6 Å². The van der Waals surface area contributed by atoms with Crippen molar-refractivity contribution in [1.82, 2.24) is 0 Å². The van der Waals surface area contributed by atoms with Gasteiger partial charge in [-0.3, -0.25) is 0 Å².